The minimum Gasteiger partial charge on any atom is -0.465 e. The quantitative estimate of drug-likeness (QED) is 0.527. The molecule has 1 rings (SSSR count). The number of halogens is 1. The average molecular weight is 189 g/mol. The highest BCUT2D eigenvalue weighted by atomic mass is 35.5. The highest BCUT2D eigenvalue weighted by Gasteiger charge is 2.14. The van der Waals surface area contributed by atoms with Crippen LogP contribution in [-0.2, 0) is 10.6 Å². The van der Waals surface area contributed by atoms with Crippen LogP contribution in [0.1, 0.15) is 21.9 Å². The van der Waals surface area contributed by atoms with Gasteiger partial charge in [-0.05, 0) is 13.0 Å². The summed E-state index contributed by atoms with van der Waals surface area (Å²) in [5, 5.41) is 0. The number of ether oxygens (including phenoxy) is 1. The van der Waals surface area contributed by atoms with Crippen LogP contribution in [-0.4, -0.2) is 13.1 Å². The normalized spacial score (nSPS) is 9.92. The van der Waals surface area contributed by atoms with Gasteiger partial charge in [-0.15, -0.1) is 11.6 Å². The third-order valence-electron chi connectivity index (χ3n) is 1.51. The molecule has 0 N–H and O–H groups in total. The van der Waals surface area contributed by atoms with E-state index in [0.717, 1.165) is 0 Å². The average Bonchev–Trinajstić information content (AvgIpc) is 2.45. The Morgan fingerprint density at radius 2 is 2.42 bits per heavy atom. The number of rotatable bonds is 2. The number of aryl methyl sites for hydroxylation is 1. The molecular formula is C8H9ClO3. The van der Waals surface area contributed by atoms with Crippen LogP contribution in [0, 0.1) is 6.92 Å². The molecule has 0 radical (unpaired) electrons. The number of methoxy groups -OCH3 is 1. The fraction of sp³-hybridized carbons (Fsp3) is 0.375. The summed E-state index contributed by atoms with van der Waals surface area (Å²) in [6.07, 6.45) is 0. The van der Waals surface area contributed by atoms with E-state index in [1.807, 2.05) is 0 Å². The monoisotopic (exact) mass is 188 g/mol. The van der Waals surface area contributed by atoms with Crippen LogP contribution < -0.4 is 0 Å². The van der Waals surface area contributed by atoms with Gasteiger partial charge >= 0.3 is 5.97 Å². The summed E-state index contributed by atoms with van der Waals surface area (Å²) in [5.41, 5.74) is 0.438. The van der Waals surface area contributed by atoms with Gasteiger partial charge in [0, 0.05) is 0 Å². The number of furan rings is 1. The zero-order chi connectivity index (χ0) is 9.14. The molecule has 0 saturated heterocycles. The lowest BCUT2D eigenvalue weighted by atomic mass is 10.2. The smallest absolute Gasteiger partial charge is 0.341 e. The summed E-state index contributed by atoms with van der Waals surface area (Å²) in [6, 6.07) is 1.59. The van der Waals surface area contributed by atoms with E-state index >= 15 is 0 Å². The summed E-state index contributed by atoms with van der Waals surface area (Å²) < 4.78 is 9.69. The van der Waals surface area contributed by atoms with Crippen molar-refractivity contribution in [2.75, 3.05) is 7.11 Å². The summed E-state index contributed by atoms with van der Waals surface area (Å²) in [4.78, 5) is 11.0. The van der Waals surface area contributed by atoms with Crippen LogP contribution in [0.2, 0.25) is 0 Å². The second-order valence-electron chi connectivity index (χ2n) is 2.31. The van der Waals surface area contributed by atoms with Crippen molar-refractivity contribution in [2.45, 2.75) is 12.8 Å². The maximum atomic E-state index is 11.0. The van der Waals surface area contributed by atoms with Gasteiger partial charge in [-0.3, -0.25) is 0 Å². The number of esters is 1. The topological polar surface area (TPSA) is 39.4 Å². The van der Waals surface area contributed by atoms with Crippen LogP contribution >= 0.6 is 11.6 Å². The molecule has 0 atom stereocenters. The minimum atomic E-state index is -0.396. The second kappa shape index (κ2) is 3.63. The van der Waals surface area contributed by atoms with Crippen molar-refractivity contribution in [2.24, 2.45) is 0 Å². The van der Waals surface area contributed by atoms with Gasteiger partial charge in [0.25, 0.3) is 0 Å². The molecule has 0 saturated carbocycles. The molecule has 1 heterocycles. The van der Waals surface area contributed by atoms with E-state index in [2.05, 4.69) is 4.74 Å². The van der Waals surface area contributed by atoms with Gasteiger partial charge in [0.2, 0.25) is 0 Å². The number of carbonyl (C=O) groups is 1. The number of hydrogen-bond acceptors (Lipinski definition) is 3. The Balaban J connectivity index is 2.99. The lowest BCUT2D eigenvalue weighted by molar-refractivity contribution is 0.0599. The lowest BCUT2D eigenvalue weighted by Gasteiger charge is -1.93. The SMILES string of the molecule is COC(=O)c1cc(CCl)oc1C. The summed E-state index contributed by atoms with van der Waals surface area (Å²) >= 11 is 5.51. The molecule has 0 aliphatic carbocycles. The zero-order valence-corrected chi connectivity index (χ0v) is 7.64. The first kappa shape index (κ1) is 9.13. The fourth-order valence-electron chi connectivity index (χ4n) is 0.922. The van der Waals surface area contributed by atoms with Gasteiger partial charge in [-0.1, -0.05) is 0 Å². The van der Waals surface area contributed by atoms with Crippen molar-refractivity contribution in [3.8, 4) is 0 Å². The third kappa shape index (κ3) is 1.61. The third-order valence-corrected chi connectivity index (χ3v) is 1.77. The lowest BCUT2D eigenvalue weighted by Crippen LogP contribution is -2.00. The van der Waals surface area contributed by atoms with Crippen LogP contribution in [0.3, 0.4) is 0 Å². The molecule has 0 fully saturated rings. The highest BCUT2D eigenvalue weighted by Crippen LogP contribution is 2.16. The van der Waals surface area contributed by atoms with E-state index in [-0.39, 0.29) is 5.88 Å². The molecule has 0 bridgehead atoms. The van der Waals surface area contributed by atoms with Gasteiger partial charge in [0.1, 0.15) is 17.1 Å². The van der Waals surface area contributed by atoms with E-state index in [1.165, 1.54) is 7.11 Å². The maximum Gasteiger partial charge on any atom is 0.341 e. The van der Waals surface area contributed by atoms with Crippen LogP contribution in [0.25, 0.3) is 0 Å². The van der Waals surface area contributed by atoms with E-state index < -0.39 is 5.97 Å². The Labute approximate surface area is 75.3 Å². The summed E-state index contributed by atoms with van der Waals surface area (Å²) in [6.45, 7) is 1.70. The van der Waals surface area contributed by atoms with Gasteiger partial charge in [-0.25, -0.2) is 4.79 Å². The molecule has 0 spiro atoms. The van der Waals surface area contributed by atoms with Crippen molar-refractivity contribution >= 4 is 17.6 Å². The zero-order valence-electron chi connectivity index (χ0n) is 6.89. The molecule has 0 aromatic carbocycles. The summed E-state index contributed by atoms with van der Waals surface area (Å²) in [7, 11) is 1.33. The van der Waals surface area contributed by atoms with E-state index in [9.17, 15) is 4.79 Å². The highest BCUT2D eigenvalue weighted by molar-refractivity contribution is 6.16. The van der Waals surface area contributed by atoms with Gasteiger partial charge in [-0.2, -0.15) is 0 Å². The van der Waals surface area contributed by atoms with Crippen molar-refractivity contribution in [3.63, 3.8) is 0 Å². The number of hydrogen-bond donors (Lipinski definition) is 0. The standard InChI is InChI=1S/C8H9ClO3/c1-5-7(8(10)11-2)3-6(4-9)12-5/h3H,4H2,1-2H3. The molecule has 0 aliphatic rings. The fourth-order valence-corrected chi connectivity index (χ4v) is 1.05. The van der Waals surface area contributed by atoms with Gasteiger partial charge in [0.15, 0.2) is 0 Å². The molecule has 0 amide bonds. The Morgan fingerprint density at radius 1 is 1.75 bits per heavy atom. The summed E-state index contributed by atoms with van der Waals surface area (Å²) in [5.74, 6) is 0.984. The van der Waals surface area contributed by atoms with E-state index in [4.69, 9.17) is 16.0 Å². The maximum absolute atomic E-state index is 11.0. The second-order valence-corrected chi connectivity index (χ2v) is 2.58. The predicted molar refractivity (Wildman–Crippen MR) is 44.3 cm³/mol. The van der Waals surface area contributed by atoms with E-state index in [1.54, 1.807) is 13.0 Å². The van der Waals surface area contributed by atoms with Crippen molar-refractivity contribution in [3.05, 3.63) is 23.2 Å². The Kier molecular flexibility index (Phi) is 2.76. The number of carbonyl (C=O) groups excluding carboxylic acids is 1. The van der Waals surface area contributed by atoms with Crippen molar-refractivity contribution in [1.82, 2.24) is 0 Å². The van der Waals surface area contributed by atoms with Gasteiger partial charge in [0.05, 0.1) is 13.0 Å². The predicted octanol–water partition coefficient (Wildman–Crippen LogP) is 2.11. The Morgan fingerprint density at radius 3 is 2.83 bits per heavy atom. The first-order chi connectivity index (χ1) is 5.69. The van der Waals surface area contributed by atoms with Crippen LogP contribution in [0.5, 0.6) is 0 Å². The van der Waals surface area contributed by atoms with Crippen molar-refractivity contribution in [1.29, 1.82) is 0 Å². The van der Waals surface area contributed by atoms with Crippen LogP contribution in [0.4, 0.5) is 0 Å². The van der Waals surface area contributed by atoms with E-state index in [0.29, 0.717) is 17.1 Å². The first-order valence-corrected chi connectivity index (χ1v) is 3.96. The Hall–Kier alpha value is -0.960. The number of alkyl halides is 1. The molecule has 4 heteroatoms. The van der Waals surface area contributed by atoms with Crippen molar-refractivity contribution < 1.29 is 13.9 Å². The minimum absolute atomic E-state index is 0.262. The molecule has 12 heavy (non-hydrogen) atoms. The molecule has 0 aliphatic heterocycles. The first-order valence-electron chi connectivity index (χ1n) is 3.42. The largest absolute Gasteiger partial charge is 0.465 e. The molecule has 1 aromatic rings. The molecular weight excluding hydrogens is 180 g/mol. The molecule has 0 unspecified atom stereocenters. The molecule has 66 valence electrons. The Bertz CT molecular complexity index is 290. The molecule has 1 aromatic heterocycles. The van der Waals surface area contributed by atoms with Gasteiger partial charge < -0.3 is 9.15 Å². The molecule has 3 nitrogen and oxygen atoms in total. The van der Waals surface area contributed by atoms with Crippen LogP contribution in [0.15, 0.2) is 10.5 Å².